The van der Waals surface area contributed by atoms with Gasteiger partial charge in [-0.15, -0.1) is 13.2 Å². The van der Waals surface area contributed by atoms with E-state index < -0.39 is 12.3 Å². The quantitative estimate of drug-likeness (QED) is 0.550. The summed E-state index contributed by atoms with van der Waals surface area (Å²) in [7, 11) is 1.82. The van der Waals surface area contributed by atoms with E-state index in [1.54, 1.807) is 27.7 Å². The van der Waals surface area contributed by atoms with Gasteiger partial charge in [0.1, 0.15) is 5.75 Å². The first-order valence-corrected chi connectivity index (χ1v) is 8.72. The lowest BCUT2D eigenvalue weighted by molar-refractivity contribution is -0.274. The summed E-state index contributed by atoms with van der Waals surface area (Å²) < 4.78 is 43.8. The van der Waals surface area contributed by atoms with E-state index in [-0.39, 0.29) is 11.4 Å². The molecule has 8 nitrogen and oxygen atoms in total. The molecule has 3 heterocycles. The maximum atomic E-state index is 12.6. The molecule has 11 heteroatoms. The van der Waals surface area contributed by atoms with Gasteiger partial charge in [0.2, 0.25) is 0 Å². The van der Waals surface area contributed by atoms with Crippen molar-refractivity contribution in [3.8, 4) is 17.0 Å². The number of benzene rings is 1. The SMILES string of the molecule is Cc1c(-c2ccnc3cc(C(=O)Nc4ccc(OC(F)(F)F)cc4)nn23)cnn1C. The number of carbonyl (C=O) groups is 1. The number of aromatic nitrogens is 5. The summed E-state index contributed by atoms with van der Waals surface area (Å²) in [5.74, 6) is -0.909. The molecule has 0 aliphatic rings. The van der Waals surface area contributed by atoms with Gasteiger partial charge in [-0.05, 0) is 37.3 Å². The van der Waals surface area contributed by atoms with E-state index in [1.165, 1.54) is 18.2 Å². The number of nitrogens with one attached hydrogen (secondary N) is 1. The minimum Gasteiger partial charge on any atom is -0.406 e. The summed E-state index contributed by atoms with van der Waals surface area (Å²) in [6.07, 6.45) is -1.46. The predicted octanol–water partition coefficient (Wildman–Crippen LogP) is 3.59. The summed E-state index contributed by atoms with van der Waals surface area (Å²) in [6, 6.07) is 8.11. The number of rotatable bonds is 4. The van der Waals surface area contributed by atoms with Gasteiger partial charge in [0.15, 0.2) is 11.3 Å². The molecule has 1 N–H and O–H groups in total. The Balaban J connectivity index is 1.59. The Morgan fingerprint density at radius 2 is 1.90 bits per heavy atom. The first kappa shape index (κ1) is 19.4. The molecular weight excluding hydrogens is 401 g/mol. The minimum atomic E-state index is -4.78. The van der Waals surface area contributed by atoms with Gasteiger partial charge in [0.05, 0.1) is 11.9 Å². The molecule has 0 aliphatic carbocycles. The highest BCUT2D eigenvalue weighted by molar-refractivity contribution is 6.03. The Kier molecular flexibility index (Phi) is 4.65. The number of halogens is 3. The second kappa shape index (κ2) is 7.17. The van der Waals surface area contributed by atoms with Crippen molar-refractivity contribution in [1.29, 1.82) is 0 Å². The number of carbonyl (C=O) groups excluding carboxylic acids is 1. The molecular formula is C19H15F3N6O2. The van der Waals surface area contributed by atoms with Crippen molar-refractivity contribution in [2.45, 2.75) is 13.3 Å². The van der Waals surface area contributed by atoms with Crippen molar-refractivity contribution in [1.82, 2.24) is 24.4 Å². The predicted molar refractivity (Wildman–Crippen MR) is 101 cm³/mol. The zero-order valence-electron chi connectivity index (χ0n) is 15.8. The van der Waals surface area contributed by atoms with Crippen LogP contribution in [0.4, 0.5) is 18.9 Å². The van der Waals surface area contributed by atoms with E-state index in [0.29, 0.717) is 11.3 Å². The number of anilines is 1. The van der Waals surface area contributed by atoms with Gasteiger partial charge in [0, 0.05) is 36.3 Å². The highest BCUT2D eigenvalue weighted by atomic mass is 19.4. The average Bonchev–Trinajstić information content (AvgIpc) is 3.26. The first-order chi connectivity index (χ1) is 14.2. The minimum absolute atomic E-state index is 0.104. The molecule has 30 heavy (non-hydrogen) atoms. The van der Waals surface area contributed by atoms with Crippen molar-refractivity contribution in [2.24, 2.45) is 7.05 Å². The van der Waals surface area contributed by atoms with E-state index >= 15 is 0 Å². The number of alkyl halides is 3. The van der Waals surface area contributed by atoms with Crippen molar-refractivity contribution >= 4 is 17.2 Å². The second-order valence-electron chi connectivity index (χ2n) is 6.42. The third-order valence-electron chi connectivity index (χ3n) is 4.45. The van der Waals surface area contributed by atoms with Crippen LogP contribution in [0.1, 0.15) is 16.2 Å². The van der Waals surface area contributed by atoms with Gasteiger partial charge in [-0.3, -0.25) is 9.48 Å². The van der Waals surface area contributed by atoms with Crippen LogP contribution < -0.4 is 10.1 Å². The number of ether oxygens (including phenoxy) is 1. The van der Waals surface area contributed by atoms with E-state index in [0.717, 1.165) is 29.1 Å². The fraction of sp³-hybridized carbons (Fsp3) is 0.158. The maximum absolute atomic E-state index is 12.6. The van der Waals surface area contributed by atoms with Gasteiger partial charge in [-0.25, -0.2) is 9.50 Å². The van der Waals surface area contributed by atoms with Gasteiger partial charge in [0.25, 0.3) is 5.91 Å². The lowest BCUT2D eigenvalue weighted by Gasteiger charge is -2.09. The molecule has 0 aliphatic heterocycles. The second-order valence-corrected chi connectivity index (χ2v) is 6.42. The lowest BCUT2D eigenvalue weighted by Crippen LogP contribution is -2.17. The van der Waals surface area contributed by atoms with E-state index in [1.807, 2.05) is 14.0 Å². The number of amides is 1. The van der Waals surface area contributed by atoms with Crippen LogP contribution >= 0.6 is 0 Å². The maximum Gasteiger partial charge on any atom is 0.573 e. The molecule has 4 rings (SSSR count). The monoisotopic (exact) mass is 416 g/mol. The number of hydrogen-bond donors (Lipinski definition) is 1. The topological polar surface area (TPSA) is 86.3 Å². The molecule has 0 unspecified atom stereocenters. The Bertz CT molecular complexity index is 1230. The molecule has 3 aromatic heterocycles. The van der Waals surface area contributed by atoms with Crippen molar-refractivity contribution in [2.75, 3.05) is 5.32 Å². The lowest BCUT2D eigenvalue weighted by atomic mass is 10.2. The number of fused-ring (bicyclic) bond motifs is 1. The van der Waals surface area contributed by atoms with Gasteiger partial charge in [-0.1, -0.05) is 0 Å². The van der Waals surface area contributed by atoms with Crippen LogP contribution in [0.15, 0.2) is 48.8 Å². The highest BCUT2D eigenvalue weighted by Crippen LogP contribution is 2.25. The zero-order chi connectivity index (χ0) is 21.5. The van der Waals surface area contributed by atoms with Crippen molar-refractivity contribution in [3.05, 3.63) is 60.2 Å². The smallest absolute Gasteiger partial charge is 0.406 e. The highest BCUT2D eigenvalue weighted by Gasteiger charge is 2.31. The van der Waals surface area contributed by atoms with Crippen LogP contribution in [-0.4, -0.2) is 36.6 Å². The fourth-order valence-electron chi connectivity index (χ4n) is 2.90. The standard InChI is InChI=1S/C19H15F3N6O2/c1-11-14(10-24-27(11)2)16-7-8-23-17-9-15(26-28(16)17)18(29)25-12-3-5-13(6-4-12)30-19(20,21)22/h3-10H,1-2H3,(H,25,29). The third kappa shape index (κ3) is 3.81. The molecule has 1 amide bonds. The van der Waals surface area contributed by atoms with Crippen molar-refractivity contribution < 1.29 is 22.7 Å². The van der Waals surface area contributed by atoms with Crippen LogP contribution in [0.25, 0.3) is 16.9 Å². The van der Waals surface area contributed by atoms with E-state index in [9.17, 15) is 18.0 Å². The molecule has 0 bridgehead atoms. The number of nitrogens with zero attached hydrogens (tertiary/aromatic N) is 5. The zero-order valence-corrected chi connectivity index (χ0v) is 15.8. The van der Waals surface area contributed by atoms with Crippen LogP contribution in [-0.2, 0) is 7.05 Å². The Morgan fingerprint density at radius 3 is 2.53 bits per heavy atom. The van der Waals surface area contributed by atoms with Crippen LogP contribution in [0.2, 0.25) is 0 Å². The first-order valence-electron chi connectivity index (χ1n) is 8.72. The van der Waals surface area contributed by atoms with Crippen LogP contribution in [0.3, 0.4) is 0 Å². The van der Waals surface area contributed by atoms with Crippen LogP contribution in [0.5, 0.6) is 5.75 Å². The summed E-state index contributed by atoms with van der Waals surface area (Å²) in [4.78, 5) is 16.8. The summed E-state index contributed by atoms with van der Waals surface area (Å²) >= 11 is 0. The van der Waals surface area contributed by atoms with Gasteiger partial charge < -0.3 is 10.1 Å². The summed E-state index contributed by atoms with van der Waals surface area (Å²) in [5, 5.41) is 11.1. The number of hydrogen-bond acceptors (Lipinski definition) is 5. The van der Waals surface area contributed by atoms with Gasteiger partial charge in [-0.2, -0.15) is 10.2 Å². The van der Waals surface area contributed by atoms with Crippen LogP contribution in [0, 0.1) is 6.92 Å². The Labute approximate surface area is 167 Å². The summed E-state index contributed by atoms with van der Waals surface area (Å²) in [5.41, 5.74) is 3.36. The van der Waals surface area contributed by atoms with Crippen molar-refractivity contribution in [3.63, 3.8) is 0 Å². The normalized spacial score (nSPS) is 11.6. The number of aryl methyl sites for hydroxylation is 1. The van der Waals surface area contributed by atoms with Gasteiger partial charge >= 0.3 is 6.36 Å². The Hall–Kier alpha value is -3.89. The van der Waals surface area contributed by atoms with E-state index in [4.69, 9.17) is 0 Å². The third-order valence-corrected chi connectivity index (χ3v) is 4.45. The molecule has 0 atom stereocenters. The Morgan fingerprint density at radius 1 is 1.17 bits per heavy atom. The molecule has 0 fully saturated rings. The molecule has 154 valence electrons. The molecule has 1 aromatic carbocycles. The molecule has 0 spiro atoms. The molecule has 0 radical (unpaired) electrons. The fourth-order valence-corrected chi connectivity index (χ4v) is 2.90. The summed E-state index contributed by atoms with van der Waals surface area (Å²) in [6.45, 7) is 1.91. The molecule has 0 saturated carbocycles. The average molecular weight is 416 g/mol. The molecule has 4 aromatic rings. The molecule has 0 saturated heterocycles. The largest absolute Gasteiger partial charge is 0.573 e. The van der Waals surface area contributed by atoms with E-state index in [2.05, 4.69) is 25.2 Å².